The van der Waals surface area contributed by atoms with E-state index in [2.05, 4.69) is 22.5 Å². The van der Waals surface area contributed by atoms with Crippen LogP contribution < -0.4 is 0 Å². The normalized spacial score (nSPS) is 11.3. The molecule has 1 rings (SSSR count). The Morgan fingerprint density at radius 1 is 1.20 bits per heavy atom. The van der Waals surface area contributed by atoms with E-state index in [4.69, 9.17) is 0 Å². The molecule has 3 heteroatoms. The molecular weight excluding hydrogens is 144 g/mol. The van der Waals surface area contributed by atoms with Crippen molar-refractivity contribution in [1.82, 2.24) is 9.97 Å². The average molecular weight is 156 g/mol. The van der Waals surface area contributed by atoms with Gasteiger partial charge >= 0.3 is 0 Å². The third kappa shape index (κ3) is 1.70. The molecule has 2 nitrogen and oxygen atoms in total. The summed E-state index contributed by atoms with van der Waals surface area (Å²) in [7, 11) is -0.0816. The van der Waals surface area contributed by atoms with Crippen LogP contribution in [0.3, 0.4) is 0 Å². The summed E-state index contributed by atoms with van der Waals surface area (Å²) in [5, 5.41) is 1.13. The number of rotatable bonds is 1. The molecule has 56 valence electrons. The fourth-order valence-electron chi connectivity index (χ4n) is 0.617. The monoisotopic (exact) mass is 156 g/mol. The van der Waals surface area contributed by atoms with E-state index in [1.54, 1.807) is 0 Å². The van der Waals surface area contributed by atoms with Gasteiger partial charge in [0.05, 0.1) is 16.9 Å². The molecule has 1 heterocycles. The van der Waals surface area contributed by atoms with Gasteiger partial charge in [-0.1, -0.05) is 0 Å². The number of hydrogen-bond donors (Lipinski definition) is 1. The van der Waals surface area contributed by atoms with E-state index in [0.29, 0.717) is 0 Å². The summed E-state index contributed by atoms with van der Waals surface area (Å²) in [6.07, 6.45) is 8.03. The number of aromatic nitrogens is 2. The number of nitrogens with zero attached hydrogens (tertiary/aromatic N) is 2. The lowest BCUT2D eigenvalue weighted by molar-refractivity contribution is 1.01. The maximum absolute atomic E-state index is 4.24. The first-order valence-electron chi connectivity index (χ1n) is 3.16. The minimum absolute atomic E-state index is 0.0816. The lowest BCUT2D eigenvalue weighted by Crippen LogP contribution is -1.87. The lowest BCUT2D eigenvalue weighted by atomic mass is 10.5. The molecule has 0 amide bonds. The van der Waals surface area contributed by atoms with Crippen LogP contribution in [0, 0.1) is 6.92 Å². The van der Waals surface area contributed by atoms with Gasteiger partial charge in [0.15, 0.2) is 0 Å². The molecule has 1 aromatic rings. The standard InChI is InChI=1S/C7H12N2S/c1-6-4-9-7(5-8-6)10(2)3/h4-5,10H,1-3H3. The van der Waals surface area contributed by atoms with Crippen LogP contribution in [-0.2, 0) is 0 Å². The minimum atomic E-state index is -0.0816. The quantitative estimate of drug-likeness (QED) is 0.622. The molecule has 1 aromatic heterocycles. The van der Waals surface area contributed by atoms with Gasteiger partial charge in [-0.25, -0.2) is 15.9 Å². The molecule has 0 unspecified atom stereocenters. The van der Waals surface area contributed by atoms with E-state index >= 15 is 0 Å². The van der Waals surface area contributed by atoms with Crippen molar-refractivity contribution in [2.75, 3.05) is 12.5 Å². The SMILES string of the molecule is Cc1cnc([SH](C)C)cn1. The molecule has 0 spiro atoms. The van der Waals surface area contributed by atoms with Crippen LogP contribution in [0.4, 0.5) is 0 Å². The van der Waals surface area contributed by atoms with E-state index in [1.807, 2.05) is 19.3 Å². The Hall–Kier alpha value is -0.570. The van der Waals surface area contributed by atoms with Crippen LogP contribution in [0.2, 0.25) is 0 Å². The maximum atomic E-state index is 4.24. The average Bonchev–Trinajstić information content (AvgIpc) is 1.88. The molecule has 0 aliphatic carbocycles. The molecule has 0 aliphatic rings. The van der Waals surface area contributed by atoms with Gasteiger partial charge in [0.25, 0.3) is 0 Å². The molecule has 0 bridgehead atoms. The Bertz CT molecular complexity index is 205. The molecule has 0 radical (unpaired) electrons. The molecule has 10 heavy (non-hydrogen) atoms. The van der Waals surface area contributed by atoms with Crippen LogP contribution in [0.1, 0.15) is 5.69 Å². The van der Waals surface area contributed by atoms with Gasteiger partial charge in [-0.2, -0.15) is 0 Å². The van der Waals surface area contributed by atoms with Gasteiger partial charge < -0.3 is 0 Å². The first kappa shape index (κ1) is 7.54. The molecule has 0 saturated carbocycles. The predicted octanol–water partition coefficient (Wildman–Crippen LogP) is 1.40. The smallest absolute Gasteiger partial charge is 0.0943 e. The molecule has 0 aliphatic heterocycles. The van der Waals surface area contributed by atoms with E-state index in [9.17, 15) is 0 Å². The van der Waals surface area contributed by atoms with E-state index in [0.717, 1.165) is 10.7 Å². The van der Waals surface area contributed by atoms with Crippen LogP contribution in [0.5, 0.6) is 0 Å². The van der Waals surface area contributed by atoms with Crippen molar-refractivity contribution in [3.05, 3.63) is 18.1 Å². The van der Waals surface area contributed by atoms with Crippen molar-refractivity contribution in [2.45, 2.75) is 11.9 Å². The Kier molecular flexibility index (Phi) is 2.27. The zero-order valence-corrected chi connectivity index (χ0v) is 7.39. The first-order valence-corrected chi connectivity index (χ1v) is 5.40. The van der Waals surface area contributed by atoms with Gasteiger partial charge in [-0.15, -0.1) is 0 Å². The summed E-state index contributed by atoms with van der Waals surface area (Å²) in [4.78, 5) is 8.40. The van der Waals surface area contributed by atoms with E-state index in [-0.39, 0.29) is 10.9 Å². The van der Waals surface area contributed by atoms with Gasteiger partial charge in [0.1, 0.15) is 0 Å². The zero-order chi connectivity index (χ0) is 7.56. The third-order valence-corrected chi connectivity index (χ3v) is 2.37. The largest absolute Gasteiger partial charge is 0.257 e. The Balaban J connectivity index is 2.89. The van der Waals surface area contributed by atoms with Crippen LogP contribution in [-0.4, -0.2) is 22.5 Å². The van der Waals surface area contributed by atoms with Crippen molar-refractivity contribution in [3.63, 3.8) is 0 Å². The first-order chi connectivity index (χ1) is 4.70. The van der Waals surface area contributed by atoms with Crippen molar-refractivity contribution in [3.8, 4) is 0 Å². The number of thiol groups is 1. The van der Waals surface area contributed by atoms with E-state index < -0.39 is 0 Å². The Labute approximate surface area is 64.1 Å². The van der Waals surface area contributed by atoms with Gasteiger partial charge in [0, 0.05) is 6.20 Å². The molecule has 0 saturated heterocycles. The van der Waals surface area contributed by atoms with Crippen molar-refractivity contribution >= 4 is 10.9 Å². The van der Waals surface area contributed by atoms with Gasteiger partial charge in [0.2, 0.25) is 0 Å². The Morgan fingerprint density at radius 3 is 2.30 bits per heavy atom. The van der Waals surface area contributed by atoms with Crippen LogP contribution in [0.25, 0.3) is 0 Å². The highest BCUT2D eigenvalue weighted by atomic mass is 32.2. The highest BCUT2D eigenvalue weighted by Gasteiger charge is 1.94. The molecule has 0 atom stereocenters. The summed E-state index contributed by atoms with van der Waals surface area (Å²) in [5.41, 5.74) is 0.987. The lowest BCUT2D eigenvalue weighted by Gasteiger charge is -2.06. The molecular formula is C7H12N2S. The van der Waals surface area contributed by atoms with Crippen molar-refractivity contribution in [2.24, 2.45) is 0 Å². The highest BCUT2D eigenvalue weighted by Crippen LogP contribution is 2.23. The number of aryl methyl sites for hydroxylation is 1. The van der Waals surface area contributed by atoms with E-state index in [1.165, 1.54) is 0 Å². The summed E-state index contributed by atoms with van der Waals surface area (Å²) in [6.45, 7) is 1.95. The highest BCUT2D eigenvalue weighted by molar-refractivity contribution is 8.15. The fraction of sp³-hybridized carbons (Fsp3) is 0.429. The second-order valence-electron chi connectivity index (χ2n) is 2.41. The van der Waals surface area contributed by atoms with Gasteiger partial charge in [-0.05, 0) is 19.4 Å². The number of hydrogen-bond acceptors (Lipinski definition) is 2. The fourth-order valence-corrected chi connectivity index (χ4v) is 1.19. The maximum Gasteiger partial charge on any atom is 0.0943 e. The molecule has 0 aromatic carbocycles. The topological polar surface area (TPSA) is 25.8 Å². The zero-order valence-electron chi connectivity index (χ0n) is 6.50. The third-order valence-electron chi connectivity index (χ3n) is 1.23. The molecule has 0 fully saturated rings. The summed E-state index contributed by atoms with van der Waals surface area (Å²) >= 11 is 0. The second kappa shape index (κ2) is 3.01. The predicted molar refractivity (Wildman–Crippen MR) is 45.9 cm³/mol. The second-order valence-corrected chi connectivity index (χ2v) is 4.66. The van der Waals surface area contributed by atoms with Gasteiger partial charge in [-0.3, -0.25) is 4.98 Å². The van der Waals surface area contributed by atoms with Crippen molar-refractivity contribution < 1.29 is 0 Å². The molecule has 0 N–H and O–H groups in total. The summed E-state index contributed by atoms with van der Waals surface area (Å²) < 4.78 is 0. The summed E-state index contributed by atoms with van der Waals surface area (Å²) in [5.74, 6) is 0. The van der Waals surface area contributed by atoms with Crippen molar-refractivity contribution in [1.29, 1.82) is 0 Å². The van der Waals surface area contributed by atoms with Crippen LogP contribution >= 0.6 is 10.9 Å². The summed E-state index contributed by atoms with van der Waals surface area (Å²) in [6, 6.07) is 0. The minimum Gasteiger partial charge on any atom is -0.257 e. The Morgan fingerprint density at radius 2 is 1.90 bits per heavy atom. The van der Waals surface area contributed by atoms with Crippen LogP contribution in [0.15, 0.2) is 17.4 Å².